The molecule has 0 N–H and O–H groups in total. The fourth-order valence-corrected chi connectivity index (χ4v) is 4.95. The average molecular weight is 565 g/mol. The summed E-state index contributed by atoms with van der Waals surface area (Å²) in [5, 5.41) is 0. The summed E-state index contributed by atoms with van der Waals surface area (Å²) >= 11 is 0. The molecule has 0 saturated heterocycles. The Morgan fingerprint density at radius 2 is 1.10 bits per heavy atom. The highest BCUT2D eigenvalue weighted by Gasteiger charge is 2.26. The third-order valence-electron chi connectivity index (χ3n) is 6.97. The second kappa shape index (κ2) is 12.7. The van der Waals surface area contributed by atoms with Crippen LogP contribution in [0, 0.1) is 5.92 Å². The van der Waals surface area contributed by atoms with Crippen LogP contribution in [-0.4, -0.2) is 30.9 Å². The third-order valence-corrected chi connectivity index (χ3v) is 6.97. The van der Waals surface area contributed by atoms with Crippen LogP contribution in [0.5, 0.6) is 0 Å². The minimum atomic E-state index is -0.363. The molecule has 1 aliphatic carbocycles. The van der Waals surface area contributed by atoms with Gasteiger partial charge in [-0.05, 0) is 93.3 Å². The number of esters is 2. The van der Waals surface area contributed by atoms with Crippen LogP contribution in [0.2, 0.25) is 0 Å². The maximum Gasteiger partial charge on any atom is 0.338 e. The Morgan fingerprint density at radius 3 is 1.48 bits per heavy atom. The molecular formula is C35H32O7. The molecule has 0 atom stereocenters. The summed E-state index contributed by atoms with van der Waals surface area (Å²) < 4.78 is 22.1. The van der Waals surface area contributed by atoms with E-state index in [4.69, 9.17) is 18.3 Å². The summed E-state index contributed by atoms with van der Waals surface area (Å²) in [4.78, 5) is 37.3. The quantitative estimate of drug-likeness (QED) is 0.158. The van der Waals surface area contributed by atoms with E-state index in [1.54, 1.807) is 50.3 Å². The molecule has 7 heteroatoms. The Morgan fingerprint density at radius 1 is 0.690 bits per heavy atom. The molecule has 42 heavy (non-hydrogen) atoms. The van der Waals surface area contributed by atoms with Gasteiger partial charge in [0.2, 0.25) is 0 Å². The molecule has 214 valence electrons. The summed E-state index contributed by atoms with van der Waals surface area (Å²) in [5.74, 6) is 1.98. The Kier molecular flexibility index (Phi) is 8.67. The van der Waals surface area contributed by atoms with Gasteiger partial charge in [-0.1, -0.05) is 31.2 Å². The molecule has 0 amide bonds. The minimum absolute atomic E-state index is 0.0263. The van der Waals surface area contributed by atoms with Gasteiger partial charge in [-0.25, -0.2) is 9.59 Å². The zero-order valence-electron chi connectivity index (χ0n) is 23.8. The number of hydrogen-bond donors (Lipinski definition) is 0. The summed E-state index contributed by atoms with van der Waals surface area (Å²) in [5.41, 5.74) is 3.96. The first-order chi connectivity index (χ1) is 20.3. The maximum absolute atomic E-state index is 13.4. The molecule has 1 aliphatic rings. The molecular weight excluding hydrogens is 532 g/mol. The van der Waals surface area contributed by atoms with E-state index in [9.17, 15) is 14.4 Å². The Balaban J connectivity index is 1.31. The number of allylic oxidation sites excluding steroid dienone is 2. The van der Waals surface area contributed by atoms with Crippen molar-refractivity contribution >= 4 is 29.9 Å². The fourth-order valence-electron chi connectivity index (χ4n) is 4.95. The van der Waals surface area contributed by atoms with Gasteiger partial charge in [-0.2, -0.15) is 0 Å². The molecule has 5 rings (SSSR count). The summed E-state index contributed by atoms with van der Waals surface area (Å²) in [6.45, 7) is 6.30. The van der Waals surface area contributed by atoms with Crippen molar-refractivity contribution in [3.8, 4) is 22.6 Å². The van der Waals surface area contributed by atoms with Gasteiger partial charge >= 0.3 is 11.9 Å². The lowest BCUT2D eigenvalue weighted by Gasteiger charge is -2.22. The molecule has 7 nitrogen and oxygen atoms in total. The van der Waals surface area contributed by atoms with E-state index in [1.807, 2.05) is 48.5 Å². The summed E-state index contributed by atoms with van der Waals surface area (Å²) in [7, 11) is 0. The van der Waals surface area contributed by atoms with Crippen molar-refractivity contribution in [3.05, 3.63) is 107 Å². The minimum Gasteiger partial charge on any atom is -0.462 e. The smallest absolute Gasteiger partial charge is 0.338 e. The molecule has 2 aromatic carbocycles. The molecule has 2 aromatic heterocycles. The predicted octanol–water partition coefficient (Wildman–Crippen LogP) is 8.03. The van der Waals surface area contributed by atoms with Crippen molar-refractivity contribution in [3.63, 3.8) is 0 Å². The number of ether oxygens (including phenoxy) is 2. The van der Waals surface area contributed by atoms with E-state index in [0.29, 0.717) is 71.4 Å². The first kappa shape index (κ1) is 28.6. The first-order valence-corrected chi connectivity index (χ1v) is 14.0. The Labute approximate surface area is 244 Å². The van der Waals surface area contributed by atoms with E-state index < -0.39 is 0 Å². The van der Waals surface area contributed by atoms with Gasteiger partial charge in [-0.3, -0.25) is 4.79 Å². The highest BCUT2D eigenvalue weighted by Crippen LogP contribution is 2.34. The van der Waals surface area contributed by atoms with Crippen LogP contribution in [0.1, 0.15) is 65.8 Å². The van der Waals surface area contributed by atoms with E-state index >= 15 is 0 Å². The van der Waals surface area contributed by atoms with Crippen LogP contribution in [0.15, 0.2) is 92.8 Å². The van der Waals surface area contributed by atoms with Gasteiger partial charge in [0.25, 0.3) is 0 Å². The lowest BCUT2D eigenvalue weighted by Crippen LogP contribution is -2.18. The molecule has 0 aliphatic heterocycles. The molecule has 0 unspecified atom stereocenters. The standard InChI is InChI=1S/C35H32O7/c1-4-39-34(37)25-10-6-23(7-11-25)31-16-14-29(41-31)20-27-18-22(3)19-28(33(27)36)21-30-15-17-32(42-30)24-8-12-26(13-9-24)35(38)40-5-2/h6-17,20-22H,4-5,18-19H2,1-3H3/b27-20+,28-21+. The van der Waals surface area contributed by atoms with Crippen molar-refractivity contribution < 1.29 is 32.7 Å². The Hall–Kier alpha value is -4.91. The fraction of sp³-hybridized carbons (Fsp3) is 0.229. The third kappa shape index (κ3) is 6.52. The number of ketones is 1. The topological polar surface area (TPSA) is 96.0 Å². The van der Waals surface area contributed by atoms with Crippen molar-refractivity contribution in [2.75, 3.05) is 13.2 Å². The van der Waals surface area contributed by atoms with Gasteiger partial charge in [-0.15, -0.1) is 0 Å². The van der Waals surface area contributed by atoms with Gasteiger partial charge < -0.3 is 18.3 Å². The number of Topliss-reactive ketones (excluding diaryl/α,β-unsaturated/α-hetero) is 1. The highest BCUT2D eigenvalue weighted by molar-refractivity contribution is 6.13. The number of carbonyl (C=O) groups is 3. The van der Waals surface area contributed by atoms with Gasteiger partial charge in [0, 0.05) is 22.3 Å². The van der Waals surface area contributed by atoms with Crippen LogP contribution < -0.4 is 0 Å². The largest absolute Gasteiger partial charge is 0.462 e. The highest BCUT2D eigenvalue weighted by atomic mass is 16.5. The van der Waals surface area contributed by atoms with Crippen LogP contribution in [0.4, 0.5) is 0 Å². The van der Waals surface area contributed by atoms with E-state index in [-0.39, 0.29) is 23.6 Å². The van der Waals surface area contributed by atoms with E-state index in [1.165, 1.54) is 0 Å². The second-order valence-corrected chi connectivity index (χ2v) is 10.2. The SMILES string of the molecule is CCOC(=O)c1ccc(-c2ccc(/C=C3\CC(C)C/C(=C\c4ccc(-c5ccc(C(=O)OCC)cc5)o4)C3=O)o2)cc1. The molecule has 1 saturated carbocycles. The summed E-state index contributed by atoms with van der Waals surface area (Å²) in [6.07, 6.45) is 4.91. The number of furan rings is 2. The second-order valence-electron chi connectivity index (χ2n) is 10.2. The number of rotatable bonds is 8. The van der Waals surface area contributed by atoms with Gasteiger partial charge in [0.1, 0.15) is 23.0 Å². The van der Waals surface area contributed by atoms with Crippen molar-refractivity contribution in [2.45, 2.75) is 33.6 Å². The van der Waals surface area contributed by atoms with E-state index in [0.717, 1.165) is 11.1 Å². The molecule has 0 spiro atoms. The molecule has 0 radical (unpaired) electrons. The molecule has 4 aromatic rings. The predicted molar refractivity (Wildman–Crippen MR) is 160 cm³/mol. The lowest BCUT2D eigenvalue weighted by atomic mass is 9.81. The number of hydrogen-bond acceptors (Lipinski definition) is 7. The lowest BCUT2D eigenvalue weighted by molar-refractivity contribution is -0.113. The molecule has 0 bridgehead atoms. The van der Waals surface area contributed by atoms with Crippen LogP contribution in [-0.2, 0) is 14.3 Å². The van der Waals surface area contributed by atoms with Crippen molar-refractivity contribution in [2.24, 2.45) is 5.92 Å². The van der Waals surface area contributed by atoms with Crippen LogP contribution in [0.25, 0.3) is 34.8 Å². The summed E-state index contributed by atoms with van der Waals surface area (Å²) in [6, 6.07) is 21.4. The monoisotopic (exact) mass is 564 g/mol. The van der Waals surface area contributed by atoms with Crippen LogP contribution in [0.3, 0.4) is 0 Å². The zero-order chi connectivity index (χ0) is 29.6. The van der Waals surface area contributed by atoms with Gasteiger partial charge in [0.15, 0.2) is 5.78 Å². The van der Waals surface area contributed by atoms with Crippen molar-refractivity contribution in [1.29, 1.82) is 0 Å². The maximum atomic E-state index is 13.4. The normalized spacial score (nSPS) is 17.0. The molecule has 2 heterocycles. The Bertz CT molecular complexity index is 1520. The first-order valence-electron chi connectivity index (χ1n) is 14.0. The van der Waals surface area contributed by atoms with Gasteiger partial charge in [0.05, 0.1) is 24.3 Å². The molecule has 1 fully saturated rings. The van der Waals surface area contributed by atoms with E-state index in [2.05, 4.69) is 6.92 Å². The number of benzene rings is 2. The zero-order valence-corrected chi connectivity index (χ0v) is 23.8. The average Bonchev–Trinajstić information content (AvgIpc) is 3.66. The van der Waals surface area contributed by atoms with Crippen LogP contribution >= 0.6 is 0 Å². The number of carbonyl (C=O) groups excluding carboxylic acids is 3. The van der Waals surface area contributed by atoms with Crippen molar-refractivity contribution in [1.82, 2.24) is 0 Å².